The fourth-order valence-electron chi connectivity index (χ4n) is 1.16. The molecule has 0 unspecified atom stereocenters. The van der Waals surface area contributed by atoms with Gasteiger partial charge in [0.2, 0.25) is 0 Å². The van der Waals surface area contributed by atoms with E-state index in [9.17, 15) is 9.59 Å². The summed E-state index contributed by atoms with van der Waals surface area (Å²) < 4.78 is 11.4. The maximum Gasteiger partial charge on any atom is 0.419 e. The van der Waals surface area contributed by atoms with Crippen molar-refractivity contribution in [2.24, 2.45) is 0 Å². The van der Waals surface area contributed by atoms with Gasteiger partial charge in [-0.15, -0.1) is 0 Å². The lowest BCUT2D eigenvalue weighted by Crippen LogP contribution is -2.28. The largest absolute Gasteiger partial charge is 0.464 e. The molecule has 0 spiro atoms. The zero-order chi connectivity index (χ0) is 13.2. The number of carbonyl (C=O) groups excluding carboxylic acids is 2. The number of hydrogen-bond donors (Lipinski definition) is 0. The lowest BCUT2D eigenvalue weighted by atomic mass is 10.2. The third kappa shape index (κ3) is 3.33. The van der Waals surface area contributed by atoms with Crippen LogP contribution >= 0.6 is 15.9 Å². The van der Waals surface area contributed by atoms with Gasteiger partial charge in [0.05, 0.1) is 11.6 Å². The standard InChI is InChI=1S/C11H14BrNO4/c1-11(2,3)17-10(15)13-6-5-7(12)8(13)9(14)16-4/h5-6H,1-4H3. The van der Waals surface area contributed by atoms with E-state index in [0.717, 1.165) is 4.57 Å². The Morgan fingerprint density at radius 2 is 1.94 bits per heavy atom. The van der Waals surface area contributed by atoms with Crippen LogP contribution in [0.4, 0.5) is 4.79 Å². The molecule has 1 aromatic heterocycles. The van der Waals surface area contributed by atoms with Gasteiger partial charge in [-0.2, -0.15) is 0 Å². The van der Waals surface area contributed by atoms with E-state index < -0.39 is 17.7 Å². The lowest BCUT2D eigenvalue weighted by Gasteiger charge is -2.20. The van der Waals surface area contributed by atoms with Crippen LogP contribution in [0.25, 0.3) is 0 Å². The molecule has 0 atom stereocenters. The van der Waals surface area contributed by atoms with Gasteiger partial charge in [-0.25, -0.2) is 14.2 Å². The number of aromatic nitrogens is 1. The molecular weight excluding hydrogens is 290 g/mol. The Morgan fingerprint density at radius 1 is 1.35 bits per heavy atom. The molecule has 0 aliphatic heterocycles. The van der Waals surface area contributed by atoms with Crippen molar-refractivity contribution in [2.45, 2.75) is 26.4 Å². The van der Waals surface area contributed by atoms with Crippen LogP contribution in [0.1, 0.15) is 31.3 Å². The molecule has 0 aliphatic rings. The summed E-state index contributed by atoms with van der Waals surface area (Å²) in [6.45, 7) is 5.25. The zero-order valence-corrected chi connectivity index (χ0v) is 11.7. The molecule has 0 amide bonds. The normalized spacial score (nSPS) is 11.1. The quantitative estimate of drug-likeness (QED) is 0.749. The molecule has 0 N–H and O–H groups in total. The number of rotatable bonds is 1. The summed E-state index contributed by atoms with van der Waals surface area (Å²) in [4.78, 5) is 23.3. The summed E-state index contributed by atoms with van der Waals surface area (Å²) in [5.41, 5.74) is -0.511. The lowest BCUT2D eigenvalue weighted by molar-refractivity contribution is 0.0483. The average molecular weight is 304 g/mol. The molecule has 1 heterocycles. The predicted molar refractivity (Wildman–Crippen MR) is 65.1 cm³/mol. The molecule has 0 bridgehead atoms. The zero-order valence-electron chi connectivity index (χ0n) is 10.1. The van der Waals surface area contributed by atoms with Gasteiger partial charge in [-0.05, 0) is 42.8 Å². The Bertz CT molecular complexity index is 445. The molecule has 5 nitrogen and oxygen atoms in total. The molecule has 0 saturated heterocycles. The maximum atomic E-state index is 11.8. The summed E-state index contributed by atoms with van der Waals surface area (Å²) in [6, 6.07) is 1.58. The smallest absolute Gasteiger partial charge is 0.419 e. The summed E-state index contributed by atoms with van der Waals surface area (Å²) in [5, 5.41) is 0. The Labute approximate surface area is 108 Å². The first kappa shape index (κ1) is 13.8. The topological polar surface area (TPSA) is 57.5 Å². The van der Waals surface area contributed by atoms with Crippen molar-refractivity contribution in [2.75, 3.05) is 7.11 Å². The second-order valence-electron chi connectivity index (χ2n) is 4.35. The highest BCUT2D eigenvalue weighted by Crippen LogP contribution is 2.20. The highest BCUT2D eigenvalue weighted by Gasteiger charge is 2.24. The highest BCUT2D eigenvalue weighted by atomic mass is 79.9. The molecule has 17 heavy (non-hydrogen) atoms. The fourth-order valence-corrected chi connectivity index (χ4v) is 1.64. The second kappa shape index (κ2) is 4.91. The number of carbonyl (C=O) groups is 2. The van der Waals surface area contributed by atoms with E-state index >= 15 is 0 Å². The number of ether oxygens (including phenoxy) is 2. The third-order valence-corrected chi connectivity index (χ3v) is 2.45. The highest BCUT2D eigenvalue weighted by molar-refractivity contribution is 9.10. The van der Waals surface area contributed by atoms with Crippen molar-refractivity contribution in [3.63, 3.8) is 0 Å². The van der Waals surface area contributed by atoms with E-state index in [1.54, 1.807) is 26.8 Å². The van der Waals surface area contributed by atoms with Crippen LogP contribution in [0.15, 0.2) is 16.7 Å². The van der Waals surface area contributed by atoms with E-state index in [1.165, 1.54) is 13.3 Å². The average Bonchev–Trinajstić information content (AvgIpc) is 2.56. The van der Waals surface area contributed by atoms with Crippen molar-refractivity contribution < 1.29 is 19.1 Å². The molecule has 6 heteroatoms. The molecule has 0 aromatic carbocycles. The summed E-state index contributed by atoms with van der Waals surface area (Å²) in [7, 11) is 1.25. The van der Waals surface area contributed by atoms with E-state index in [-0.39, 0.29) is 5.69 Å². The van der Waals surface area contributed by atoms with Crippen LogP contribution in [0.3, 0.4) is 0 Å². The van der Waals surface area contributed by atoms with Crippen molar-refractivity contribution in [3.05, 3.63) is 22.4 Å². The first-order valence-corrected chi connectivity index (χ1v) is 5.74. The van der Waals surface area contributed by atoms with Gasteiger partial charge in [-0.1, -0.05) is 0 Å². The third-order valence-electron chi connectivity index (χ3n) is 1.81. The minimum Gasteiger partial charge on any atom is -0.464 e. The van der Waals surface area contributed by atoms with Crippen LogP contribution in [-0.4, -0.2) is 29.3 Å². The van der Waals surface area contributed by atoms with Crippen LogP contribution in [0.2, 0.25) is 0 Å². The van der Waals surface area contributed by atoms with Crippen LogP contribution in [0, 0.1) is 0 Å². The van der Waals surface area contributed by atoms with Gasteiger partial charge in [0.1, 0.15) is 5.60 Å². The van der Waals surface area contributed by atoms with Crippen molar-refractivity contribution >= 4 is 28.0 Å². The molecule has 94 valence electrons. The van der Waals surface area contributed by atoms with Crippen LogP contribution in [-0.2, 0) is 9.47 Å². The van der Waals surface area contributed by atoms with Gasteiger partial charge < -0.3 is 9.47 Å². The number of halogens is 1. The Morgan fingerprint density at radius 3 is 2.41 bits per heavy atom. The summed E-state index contributed by atoms with van der Waals surface area (Å²) in [6.07, 6.45) is 0.827. The van der Waals surface area contributed by atoms with Gasteiger partial charge >= 0.3 is 12.1 Å². The first-order valence-electron chi connectivity index (χ1n) is 4.95. The first-order chi connectivity index (χ1) is 7.76. The Balaban J connectivity index is 3.07. The SMILES string of the molecule is COC(=O)c1c(Br)ccn1C(=O)OC(C)(C)C. The van der Waals surface area contributed by atoms with Gasteiger partial charge in [-0.3, -0.25) is 0 Å². The van der Waals surface area contributed by atoms with Gasteiger partial charge in [0.25, 0.3) is 0 Å². The minimum absolute atomic E-state index is 0.113. The van der Waals surface area contributed by atoms with Gasteiger partial charge in [0, 0.05) is 6.20 Å². The summed E-state index contributed by atoms with van der Waals surface area (Å²) in [5.74, 6) is -0.604. The Kier molecular flexibility index (Phi) is 3.98. The number of hydrogen-bond acceptors (Lipinski definition) is 4. The summed E-state index contributed by atoms with van der Waals surface area (Å²) >= 11 is 3.18. The van der Waals surface area contributed by atoms with Crippen LogP contribution < -0.4 is 0 Å². The second-order valence-corrected chi connectivity index (χ2v) is 5.21. The molecule has 0 radical (unpaired) electrons. The fraction of sp³-hybridized carbons (Fsp3) is 0.455. The number of methoxy groups -OCH3 is 1. The molecular formula is C11H14BrNO4. The predicted octanol–water partition coefficient (Wildman–Crippen LogP) is 2.82. The van der Waals surface area contributed by atoms with E-state index in [1.807, 2.05) is 0 Å². The number of esters is 1. The molecule has 0 saturated carbocycles. The molecule has 1 aromatic rings. The minimum atomic E-state index is -0.624. The van der Waals surface area contributed by atoms with Crippen molar-refractivity contribution in [1.29, 1.82) is 0 Å². The maximum absolute atomic E-state index is 11.8. The molecule has 0 fully saturated rings. The number of nitrogens with zero attached hydrogens (tertiary/aromatic N) is 1. The van der Waals surface area contributed by atoms with E-state index in [2.05, 4.69) is 20.7 Å². The van der Waals surface area contributed by atoms with E-state index in [4.69, 9.17) is 4.74 Å². The van der Waals surface area contributed by atoms with E-state index in [0.29, 0.717) is 4.47 Å². The monoisotopic (exact) mass is 303 g/mol. The van der Waals surface area contributed by atoms with Crippen LogP contribution in [0.5, 0.6) is 0 Å². The van der Waals surface area contributed by atoms with Gasteiger partial charge in [0.15, 0.2) is 5.69 Å². The Hall–Kier alpha value is -1.30. The van der Waals surface area contributed by atoms with Crippen molar-refractivity contribution in [1.82, 2.24) is 4.57 Å². The molecule has 1 rings (SSSR count). The van der Waals surface area contributed by atoms with Crippen molar-refractivity contribution in [3.8, 4) is 0 Å². The molecule has 0 aliphatic carbocycles.